The number of hydrogen-bond acceptors (Lipinski definition) is 4. The summed E-state index contributed by atoms with van der Waals surface area (Å²) in [6, 6.07) is -2.51. The molecule has 0 aliphatic carbocycles. The summed E-state index contributed by atoms with van der Waals surface area (Å²) in [5.74, 6) is -3.39. The van der Waals surface area contributed by atoms with Crippen LogP contribution in [0.5, 0.6) is 0 Å². The van der Waals surface area contributed by atoms with Gasteiger partial charge in [0.25, 0.3) is 0 Å². The second-order valence-corrected chi connectivity index (χ2v) is 5.79. The summed E-state index contributed by atoms with van der Waals surface area (Å²) in [6.45, 7) is 11.5. The monoisotopic (exact) mass is 354 g/mol. The van der Waals surface area contributed by atoms with Crippen molar-refractivity contribution in [2.24, 2.45) is 0 Å². The molecule has 0 fully saturated rings. The highest BCUT2D eigenvalue weighted by Crippen LogP contribution is 2.14. The molecule has 0 aromatic heterocycles. The molecule has 2 atom stereocenters. The summed E-state index contributed by atoms with van der Waals surface area (Å²) >= 11 is 0. The highest BCUT2D eigenvalue weighted by atomic mass is 16.4. The first kappa shape index (κ1) is 22.4. The Bertz CT molecular complexity index is 543. The van der Waals surface area contributed by atoms with Crippen LogP contribution in [0.3, 0.4) is 0 Å². The van der Waals surface area contributed by atoms with Crippen molar-refractivity contribution in [1.82, 2.24) is 9.80 Å². The molecule has 0 saturated carbocycles. The summed E-state index contributed by atoms with van der Waals surface area (Å²) in [4.78, 5) is 48.7. The fraction of sp³-hybridized carbons (Fsp3) is 0.529. The van der Waals surface area contributed by atoms with Crippen LogP contribution in [0, 0.1) is 0 Å². The van der Waals surface area contributed by atoms with Gasteiger partial charge >= 0.3 is 11.9 Å². The molecule has 8 heteroatoms. The van der Waals surface area contributed by atoms with Crippen molar-refractivity contribution < 1.29 is 29.4 Å². The maximum Gasteiger partial charge on any atom is 0.326 e. The van der Waals surface area contributed by atoms with E-state index in [0.717, 1.165) is 17.1 Å². The summed E-state index contributed by atoms with van der Waals surface area (Å²) < 4.78 is 0. The van der Waals surface area contributed by atoms with Gasteiger partial charge in [0.1, 0.15) is 12.1 Å². The summed E-state index contributed by atoms with van der Waals surface area (Å²) in [5, 5.41) is 18.5. The first-order valence-corrected chi connectivity index (χ1v) is 7.91. The minimum absolute atomic E-state index is 0.0380. The lowest BCUT2D eigenvalue weighted by molar-refractivity contribution is -0.150. The van der Waals surface area contributed by atoms with Gasteiger partial charge in [0.15, 0.2) is 0 Å². The van der Waals surface area contributed by atoms with E-state index in [4.69, 9.17) is 5.11 Å². The molecule has 0 spiro atoms. The van der Waals surface area contributed by atoms with E-state index in [-0.39, 0.29) is 25.4 Å². The zero-order valence-electron chi connectivity index (χ0n) is 14.8. The third kappa shape index (κ3) is 6.40. The standard InChI is InChI=1S/C17H26N2O6/c1-6-14(20)18(12(5)16(22)23)10-8-9-13(17(24)25)19(11(3)4)15(21)7-2/h6-7,11-13H,1-2,8-10H2,3-5H3,(H,22,23)(H,24,25)/t12-,13-/m0/s1. The molecule has 2 N–H and O–H groups in total. The van der Waals surface area contributed by atoms with E-state index < -0.39 is 35.8 Å². The van der Waals surface area contributed by atoms with Gasteiger partial charge in [-0.25, -0.2) is 9.59 Å². The van der Waals surface area contributed by atoms with Crippen LogP contribution in [-0.4, -0.2) is 68.4 Å². The van der Waals surface area contributed by atoms with Gasteiger partial charge in [-0.15, -0.1) is 0 Å². The Labute approximate surface area is 147 Å². The van der Waals surface area contributed by atoms with E-state index in [1.807, 2.05) is 0 Å². The fourth-order valence-electron chi connectivity index (χ4n) is 2.46. The van der Waals surface area contributed by atoms with Crippen LogP contribution < -0.4 is 0 Å². The second kappa shape index (κ2) is 10.3. The van der Waals surface area contributed by atoms with Crippen molar-refractivity contribution in [3.05, 3.63) is 25.3 Å². The minimum Gasteiger partial charge on any atom is -0.480 e. The van der Waals surface area contributed by atoms with Crippen LogP contribution in [0.2, 0.25) is 0 Å². The quantitative estimate of drug-likeness (QED) is 0.538. The average Bonchev–Trinajstić information content (AvgIpc) is 2.55. The normalized spacial score (nSPS) is 12.8. The predicted octanol–water partition coefficient (Wildman–Crippen LogP) is 1.13. The smallest absolute Gasteiger partial charge is 0.326 e. The first-order valence-electron chi connectivity index (χ1n) is 7.91. The van der Waals surface area contributed by atoms with Gasteiger partial charge in [-0.1, -0.05) is 13.2 Å². The zero-order valence-corrected chi connectivity index (χ0v) is 14.8. The van der Waals surface area contributed by atoms with E-state index in [1.165, 1.54) is 11.8 Å². The minimum atomic E-state index is -1.17. The highest BCUT2D eigenvalue weighted by Gasteiger charge is 2.31. The molecule has 8 nitrogen and oxygen atoms in total. The molecule has 0 radical (unpaired) electrons. The molecule has 0 aromatic rings. The topological polar surface area (TPSA) is 115 Å². The second-order valence-electron chi connectivity index (χ2n) is 5.79. The SMILES string of the molecule is C=CC(=O)N(CCC[C@@H](C(=O)O)N(C(=O)C=C)C(C)C)[C@@H](C)C(=O)O. The molecule has 0 unspecified atom stereocenters. The van der Waals surface area contributed by atoms with Gasteiger partial charge in [-0.05, 0) is 45.8 Å². The molecule has 2 amide bonds. The number of nitrogens with zero attached hydrogens (tertiary/aromatic N) is 2. The van der Waals surface area contributed by atoms with E-state index in [9.17, 15) is 24.3 Å². The van der Waals surface area contributed by atoms with Gasteiger partial charge in [-0.2, -0.15) is 0 Å². The largest absolute Gasteiger partial charge is 0.480 e. The van der Waals surface area contributed by atoms with Gasteiger partial charge in [0.2, 0.25) is 11.8 Å². The van der Waals surface area contributed by atoms with Crippen molar-refractivity contribution in [2.45, 2.75) is 51.7 Å². The number of carbonyl (C=O) groups is 4. The van der Waals surface area contributed by atoms with Gasteiger partial charge < -0.3 is 20.0 Å². The van der Waals surface area contributed by atoms with Crippen LogP contribution in [0.1, 0.15) is 33.6 Å². The molecule has 0 aliphatic rings. The van der Waals surface area contributed by atoms with Gasteiger partial charge in [0, 0.05) is 12.6 Å². The van der Waals surface area contributed by atoms with Crippen molar-refractivity contribution in [3.63, 3.8) is 0 Å². The highest BCUT2D eigenvalue weighted by molar-refractivity contribution is 5.91. The van der Waals surface area contributed by atoms with E-state index in [1.54, 1.807) is 13.8 Å². The molecule has 25 heavy (non-hydrogen) atoms. The Morgan fingerprint density at radius 2 is 1.48 bits per heavy atom. The lowest BCUT2D eigenvalue weighted by atomic mass is 10.1. The maximum atomic E-state index is 11.9. The number of carboxylic acids is 2. The third-order valence-corrected chi connectivity index (χ3v) is 3.77. The predicted molar refractivity (Wildman–Crippen MR) is 91.8 cm³/mol. The van der Waals surface area contributed by atoms with E-state index >= 15 is 0 Å². The Kier molecular flexibility index (Phi) is 9.19. The lowest BCUT2D eigenvalue weighted by Gasteiger charge is -2.32. The molecule has 0 bridgehead atoms. The maximum absolute atomic E-state index is 11.9. The van der Waals surface area contributed by atoms with Crippen molar-refractivity contribution in [1.29, 1.82) is 0 Å². The van der Waals surface area contributed by atoms with Crippen LogP contribution in [0.15, 0.2) is 25.3 Å². The molecular weight excluding hydrogens is 328 g/mol. The molecule has 0 aromatic carbocycles. The number of hydrogen-bond donors (Lipinski definition) is 2. The molecule has 140 valence electrons. The fourth-order valence-corrected chi connectivity index (χ4v) is 2.46. The Morgan fingerprint density at radius 3 is 1.84 bits per heavy atom. The van der Waals surface area contributed by atoms with Crippen LogP contribution in [0.25, 0.3) is 0 Å². The van der Waals surface area contributed by atoms with Crippen LogP contribution in [-0.2, 0) is 19.2 Å². The first-order chi connectivity index (χ1) is 11.6. The van der Waals surface area contributed by atoms with Crippen molar-refractivity contribution in [2.75, 3.05) is 6.54 Å². The van der Waals surface area contributed by atoms with E-state index in [2.05, 4.69) is 13.2 Å². The number of amides is 2. The summed E-state index contributed by atoms with van der Waals surface area (Å²) in [6.07, 6.45) is 2.34. The summed E-state index contributed by atoms with van der Waals surface area (Å²) in [5.41, 5.74) is 0. The van der Waals surface area contributed by atoms with Crippen molar-refractivity contribution in [3.8, 4) is 0 Å². The van der Waals surface area contributed by atoms with Crippen molar-refractivity contribution >= 4 is 23.8 Å². The average molecular weight is 354 g/mol. The number of carbonyl (C=O) groups excluding carboxylic acids is 2. The zero-order chi connectivity index (χ0) is 19.7. The Morgan fingerprint density at radius 1 is 0.960 bits per heavy atom. The van der Waals surface area contributed by atoms with E-state index in [0.29, 0.717) is 0 Å². The molecule has 0 heterocycles. The number of rotatable bonds is 11. The number of carboxylic acid groups (broad SMARTS) is 2. The van der Waals surface area contributed by atoms with Gasteiger partial charge in [-0.3, -0.25) is 9.59 Å². The summed E-state index contributed by atoms with van der Waals surface area (Å²) in [7, 11) is 0. The molecule has 0 saturated heterocycles. The van der Waals surface area contributed by atoms with Gasteiger partial charge in [0.05, 0.1) is 0 Å². The van der Waals surface area contributed by atoms with Crippen LogP contribution in [0.4, 0.5) is 0 Å². The lowest BCUT2D eigenvalue weighted by Crippen LogP contribution is -2.49. The number of aliphatic carboxylic acids is 2. The van der Waals surface area contributed by atoms with Crippen LogP contribution >= 0.6 is 0 Å². The molecule has 0 aliphatic heterocycles. The third-order valence-electron chi connectivity index (χ3n) is 3.77. The molecular formula is C17H26N2O6. The Balaban J connectivity index is 5.17. The Hall–Kier alpha value is -2.64. The molecule has 0 rings (SSSR count).